The van der Waals surface area contributed by atoms with E-state index in [2.05, 4.69) is 20.3 Å². The zero-order valence-corrected chi connectivity index (χ0v) is 15.7. The zero-order chi connectivity index (χ0) is 18.7. The van der Waals surface area contributed by atoms with Crippen LogP contribution >= 0.6 is 11.3 Å². The average Bonchev–Trinajstić information content (AvgIpc) is 3.32. The van der Waals surface area contributed by atoms with Crippen LogP contribution in [0.15, 0.2) is 4.52 Å². The second-order valence-corrected chi connectivity index (χ2v) is 6.99. The molecule has 2 amide bonds. The second kappa shape index (κ2) is 7.87. The summed E-state index contributed by atoms with van der Waals surface area (Å²) in [6, 6.07) is 0. The normalized spacial score (nSPS) is 17.1. The minimum absolute atomic E-state index is 0.133. The molecular weight excluding hydrogens is 360 g/mol. The van der Waals surface area contributed by atoms with Crippen LogP contribution in [0.25, 0.3) is 0 Å². The molecule has 0 aliphatic carbocycles. The highest BCUT2D eigenvalue weighted by atomic mass is 32.1. The number of amides is 2. The van der Waals surface area contributed by atoms with E-state index in [4.69, 9.17) is 9.26 Å². The molecule has 3 rings (SSSR count). The molecule has 0 N–H and O–H groups in total. The number of hydrogen-bond acceptors (Lipinski definition) is 9. The van der Waals surface area contributed by atoms with Crippen molar-refractivity contribution in [3.63, 3.8) is 0 Å². The Labute approximate surface area is 154 Å². The largest absolute Gasteiger partial charge is 0.374 e. The number of aromatic nitrogens is 4. The van der Waals surface area contributed by atoms with Gasteiger partial charge in [0.15, 0.2) is 5.82 Å². The SMILES string of the molecule is CCOCc1nnc(N2CC(C(=O)N(C)Cc3noc(C)n3)CC2=O)s1. The lowest BCUT2D eigenvalue weighted by molar-refractivity contribution is -0.135. The first kappa shape index (κ1) is 18.4. The molecule has 1 aliphatic heterocycles. The lowest BCUT2D eigenvalue weighted by atomic mass is 10.1. The van der Waals surface area contributed by atoms with Crippen molar-refractivity contribution in [2.24, 2.45) is 5.92 Å². The summed E-state index contributed by atoms with van der Waals surface area (Å²) in [7, 11) is 1.66. The standard InChI is InChI=1S/C15H20N6O4S/c1-4-24-8-12-17-18-15(26-12)21-6-10(5-13(21)22)14(23)20(3)7-11-16-9(2)25-19-11/h10H,4-8H2,1-3H3. The Morgan fingerprint density at radius 3 is 2.96 bits per heavy atom. The van der Waals surface area contributed by atoms with E-state index in [1.807, 2.05) is 6.92 Å². The summed E-state index contributed by atoms with van der Waals surface area (Å²) in [5, 5.41) is 13.1. The van der Waals surface area contributed by atoms with Gasteiger partial charge in [-0.3, -0.25) is 14.5 Å². The summed E-state index contributed by atoms with van der Waals surface area (Å²) in [6.45, 7) is 5.06. The van der Waals surface area contributed by atoms with Crippen LogP contribution in [0.4, 0.5) is 5.13 Å². The summed E-state index contributed by atoms with van der Waals surface area (Å²) in [6.07, 6.45) is 0.148. The highest BCUT2D eigenvalue weighted by molar-refractivity contribution is 7.15. The Bertz CT molecular complexity index is 791. The minimum atomic E-state index is -0.431. The molecule has 1 saturated heterocycles. The van der Waals surface area contributed by atoms with Gasteiger partial charge in [0.25, 0.3) is 0 Å². The Hall–Kier alpha value is -2.40. The predicted molar refractivity (Wildman–Crippen MR) is 91.2 cm³/mol. The number of anilines is 1. The Kier molecular flexibility index (Phi) is 5.57. The van der Waals surface area contributed by atoms with Gasteiger partial charge in [0.1, 0.15) is 11.6 Å². The Morgan fingerprint density at radius 1 is 1.46 bits per heavy atom. The zero-order valence-electron chi connectivity index (χ0n) is 14.8. The maximum absolute atomic E-state index is 12.6. The molecule has 2 aromatic heterocycles. The molecule has 0 spiro atoms. The molecule has 1 atom stereocenters. The molecule has 1 unspecified atom stereocenters. The fourth-order valence-corrected chi connectivity index (χ4v) is 3.47. The number of aryl methyl sites for hydroxylation is 1. The first-order chi connectivity index (χ1) is 12.5. The van der Waals surface area contributed by atoms with Crippen LogP contribution in [0.2, 0.25) is 0 Å². The summed E-state index contributed by atoms with van der Waals surface area (Å²) in [5.74, 6) is 0.180. The molecule has 140 valence electrons. The van der Waals surface area contributed by atoms with Crippen LogP contribution in [-0.2, 0) is 27.5 Å². The smallest absolute Gasteiger partial charge is 0.229 e. The summed E-state index contributed by atoms with van der Waals surface area (Å²) >= 11 is 1.30. The first-order valence-corrected chi connectivity index (χ1v) is 9.04. The molecule has 0 radical (unpaired) electrons. The van der Waals surface area contributed by atoms with Crippen molar-refractivity contribution in [2.75, 3.05) is 25.1 Å². The van der Waals surface area contributed by atoms with Gasteiger partial charge in [-0.05, 0) is 6.92 Å². The minimum Gasteiger partial charge on any atom is -0.374 e. The quantitative estimate of drug-likeness (QED) is 0.692. The number of ether oxygens (including phenoxy) is 1. The highest BCUT2D eigenvalue weighted by Gasteiger charge is 2.38. The van der Waals surface area contributed by atoms with E-state index in [-0.39, 0.29) is 31.3 Å². The summed E-state index contributed by atoms with van der Waals surface area (Å²) < 4.78 is 10.2. The summed E-state index contributed by atoms with van der Waals surface area (Å²) in [5.41, 5.74) is 0. The molecule has 0 saturated carbocycles. The molecule has 11 heteroatoms. The van der Waals surface area contributed by atoms with Gasteiger partial charge in [0.2, 0.25) is 22.8 Å². The molecule has 2 aromatic rings. The average molecular weight is 380 g/mol. The van der Waals surface area contributed by atoms with Gasteiger partial charge in [0, 0.05) is 33.5 Å². The van der Waals surface area contributed by atoms with E-state index in [1.54, 1.807) is 14.0 Å². The van der Waals surface area contributed by atoms with E-state index in [0.717, 1.165) is 0 Å². The van der Waals surface area contributed by atoms with E-state index >= 15 is 0 Å². The van der Waals surface area contributed by atoms with Crippen molar-refractivity contribution in [1.82, 2.24) is 25.2 Å². The van der Waals surface area contributed by atoms with Crippen LogP contribution in [0.5, 0.6) is 0 Å². The van der Waals surface area contributed by atoms with Gasteiger partial charge in [-0.1, -0.05) is 16.5 Å². The van der Waals surface area contributed by atoms with Crippen LogP contribution < -0.4 is 4.90 Å². The van der Waals surface area contributed by atoms with Gasteiger partial charge in [-0.2, -0.15) is 4.98 Å². The predicted octanol–water partition coefficient (Wildman–Crippen LogP) is 0.778. The third kappa shape index (κ3) is 4.05. The monoisotopic (exact) mass is 380 g/mol. The van der Waals surface area contributed by atoms with Crippen LogP contribution in [-0.4, -0.2) is 57.3 Å². The molecule has 0 aromatic carbocycles. The summed E-state index contributed by atoms with van der Waals surface area (Å²) in [4.78, 5) is 32.1. The van der Waals surface area contributed by atoms with E-state index in [1.165, 1.54) is 21.1 Å². The third-order valence-electron chi connectivity index (χ3n) is 3.92. The maximum atomic E-state index is 12.6. The van der Waals surface area contributed by atoms with Crippen molar-refractivity contribution in [1.29, 1.82) is 0 Å². The van der Waals surface area contributed by atoms with Crippen molar-refractivity contribution in [3.8, 4) is 0 Å². The van der Waals surface area contributed by atoms with Crippen molar-refractivity contribution < 1.29 is 18.8 Å². The fourth-order valence-electron chi connectivity index (χ4n) is 2.67. The molecule has 0 bridgehead atoms. The third-order valence-corrected chi connectivity index (χ3v) is 4.84. The van der Waals surface area contributed by atoms with E-state index in [9.17, 15) is 9.59 Å². The molecule has 26 heavy (non-hydrogen) atoms. The van der Waals surface area contributed by atoms with Crippen molar-refractivity contribution in [3.05, 3.63) is 16.7 Å². The molecule has 10 nitrogen and oxygen atoms in total. The topological polar surface area (TPSA) is 115 Å². The van der Waals surface area contributed by atoms with Crippen LogP contribution in [0.1, 0.15) is 30.1 Å². The molecular formula is C15H20N6O4S. The van der Waals surface area contributed by atoms with E-state index < -0.39 is 5.92 Å². The van der Waals surface area contributed by atoms with Crippen LogP contribution in [0, 0.1) is 12.8 Å². The number of hydrogen-bond donors (Lipinski definition) is 0. The lowest BCUT2D eigenvalue weighted by Gasteiger charge is -2.19. The maximum Gasteiger partial charge on any atom is 0.229 e. The van der Waals surface area contributed by atoms with Crippen molar-refractivity contribution in [2.45, 2.75) is 33.4 Å². The van der Waals surface area contributed by atoms with E-state index in [0.29, 0.717) is 35.1 Å². The Balaban J connectivity index is 1.61. The van der Waals surface area contributed by atoms with Gasteiger partial charge >= 0.3 is 0 Å². The number of carbonyl (C=O) groups is 2. The Morgan fingerprint density at radius 2 is 2.27 bits per heavy atom. The van der Waals surface area contributed by atoms with Gasteiger partial charge < -0.3 is 14.2 Å². The lowest BCUT2D eigenvalue weighted by Crippen LogP contribution is -2.34. The number of nitrogens with zero attached hydrogens (tertiary/aromatic N) is 6. The van der Waals surface area contributed by atoms with Crippen LogP contribution in [0.3, 0.4) is 0 Å². The molecule has 1 fully saturated rings. The number of carbonyl (C=O) groups excluding carboxylic acids is 2. The second-order valence-electron chi connectivity index (χ2n) is 5.94. The first-order valence-electron chi connectivity index (χ1n) is 8.22. The molecule has 1 aliphatic rings. The highest BCUT2D eigenvalue weighted by Crippen LogP contribution is 2.29. The van der Waals surface area contributed by atoms with Gasteiger partial charge in [-0.15, -0.1) is 10.2 Å². The molecule has 3 heterocycles. The van der Waals surface area contributed by atoms with Crippen molar-refractivity contribution >= 4 is 28.3 Å². The van der Waals surface area contributed by atoms with Gasteiger partial charge in [0.05, 0.1) is 12.5 Å². The fraction of sp³-hybridized carbons (Fsp3) is 0.600. The van der Waals surface area contributed by atoms with Gasteiger partial charge in [-0.25, -0.2) is 0 Å². The number of rotatable bonds is 7.